The van der Waals surface area contributed by atoms with Crippen LogP contribution in [0.15, 0.2) is 35.4 Å². The highest BCUT2D eigenvalue weighted by Gasteiger charge is 2.32. The molecule has 6 nitrogen and oxygen atoms in total. The number of hydrogen-bond donors (Lipinski definition) is 2. The molecule has 1 aromatic carbocycles. The summed E-state index contributed by atoms with van der Waals surface area (Å²) in [6.45, 7) is 1.59. The van der Waals surface area contributed by atoms with E-state index in [4.69, 9.17) is 0 Å². The molecule has 3 rings (SSSR count). The van der Waals surface area contributed by atoms with Gasteiger partial charge in [0, 0.05) is 18.9 Å². The third kappa shape index (κ3) is 3.81. The molecule has 26 heavy (non-hydrogen) atoms. The van der Waals surface area contributed by atoms with Gasteiger partial charge in [-0.15, -0.1) is 0 Å². The van der Waals surface area contributed by atoms with Crippen LogP contribution in [0.4, 0.5) is 10.1 Å². The van der Waals surface area contributed by atoms with Gasteiger partial charge in [0.25, 0.3) is 5.91 Å². The van der Waals surface area contributed by atoms with Crippen LogP contribution in [0.5, 0.6) is 0 Å². The Labute approximate surface area is 151 Å². The van der Waals surface area contributed by atoms with Crippen molar-refractivity contribution < 1.29 is 22.7 Å². The molecule has 1 amide bonds. The second kappa shape index (κ2) is 6.85. The van der Waals surface area contributed by atoms with Gasteiger partial charge in [-0.1, -0.05) is 0 Å². The number of halogens is 1. The largest absolute Gasteiger partial charge is 0.393 e. The molecule has 0 spiro atoms. The fourth-order valence-electron chi connectivity index (χ4n) is 3.09. The number of carbonyl (C=O) groups is 1. The zero-order valence-electron chi connectivity index (χ0n) is 14.6. The molecule has 1 aliphatic carbocycles. The van der Waals surface area contributed by atoms with E-state index in [9.17, 15) is 22.7 Å². The number of nitrogens with one attached hydrogen (secondary N) is 1. The molecule has 0 saturated heterocycles. The first kappa shape index (κ1) is 18.6. The van der Waals surface area contributed by atoms with Crippen molar-refractivity contribution in [3.8, 4) is 0 Å². The minimum Gasteiger partial charge on any atom is -0.393 e. The maximum atomic E-state index is 13.3. The number of nitrogens with zero attached hydrogens (tertiary/aromatic N) is 1. The molecule has 1 aromatic heterocycles. The molecular weight excluding hydrogens is 359 g/mol. The number of hydrogen-bond acceptors (Lipinski definition) is 4. The van der Waals surface area contributed by atoms with E-state index in [-0.39, 0.29) is 28.1 Å². The van der Waals surface area contributed by atoms with Gasteiger partial charge in [0.05, 0.1) is 16.8 Å². The van der Waals surface area contributed by atoms with E-state index in [1.54, 1.807) is 14.0 Å². The van der Waals surface area contributed by atoms with Gasteiger partial charge < -0.3 is 15.0 Å². The van der Waals surface area contributed by atoms with Crippen LogP contribution >= 0.6 is 0 Å². The molecule has 1 saturated carbocycles. The molecule has 2 N–H and O–H groups in total. The van der Waals surface area contributed by atoms with Crippen molar-refractivity contribution in [3.63, 3.8) is 0 Å². The molecule has 140 valence electrons. The molecule has 1 fully saturated rings. The van der Waals surface area contributed by atoms with E-state index in [2.05, 4.69) is 5.32 Å². The van der Waals surface area contributed by atoms with Crippen molar-refractivity contribution in [2.75, 3.05) is 11.1 Å². The van der Waals surface area contributed by atoms with Gasteiger partial charge >= 0.3 is 0 Å². The normalized spacial score (nSPS) is 19.8. The zero-order chi connectivity index (χ0) is 19.1. The lowest BCUT2D eigenvalue weighted by Gasteiger charge is -2.30. The van der Waals surface area contributed by atoms with Crippen LogP contribution in [-0.4, -0.2) is 35.9 Å². The topological polar surface area (TPSA) is 88.4 Å². The number of rotatable bonds is 5. The first-order chi connectivity index (χ1) is 12.2. The summed E-state index contributed by atoms with van der Waals surface area (Å²) in [6.07, 6.45) is 1.98. The molecule has 0 bridgehead atoms. The Bertz CT molecular complexity index is 946. The minimum absolute atomic E-state index is 0.0354. The van der Waals surface area contributed by atoms with Gasteiger partial charge in [-0.05, 0) is 55.5 Å². The Hall–Kier alpha value is -2.19. The molecule has 1 aliphatic rings. The van der Waals surface area contributed by atoms with E-state index in [0.29, 0.717) is 24.1 Å². The monoisotopic (exact) mass is 380 g/mol. The Morgan fingerprint density at radius 2 is 2.04 bits per heavy atom. The molecule has 0 atom stereocenters. The number of benzene rings is 1. The van der Waals surface area contributed by atoms with Crippen molar-refractivity contribution in [1.82, 2.24) is 4.57 Å². The predicted molar refractivity (Wildman–Crippen MR) is 95.3 cm³/mol. The lowest BCUT2D eigenvalue weighted by atomic mass is 9.84. The zero-order valence-corrected chi connectivity index (χ0v) is 15.4. The van der Waals surface area contributed by atoms with Crippen LogP contribution in [0.2, 0.25) is 0 Å². The van der Waals surface area contributed by atoms with Crippen molar-refractivity contribution in [3.05, 3.63) is 47.5 Å². The lowest BCUT2D eigenvalue weighted by Crippen LogP contribution is -2.33. The first-order valence-corrected chi connectivity index (χ1v) is 9.95. The SMILES string of the molecule is Cc1cc(NC(=O)c2cc(S(=O)(=O)CC3CC(O)C3)cn2C)ccc1F. The minimum atomic E-state index is -3.53. The average Bonchev–Trinajstić information content (AvgIpc) is 2.92. The van der Waals surface area contributed by atoms with Crippen LogP contribution in [-0.2, 0) is 16.9 Å². The second-order valence-corrected chi connectivity index (χ2v) is 8.90. The van der Waals surface area contributed by atoms with Gasteiger partial charge in [-0.25, -0.2) is 12.8 Å². The molecular formula is C18H21FN2O4S. The van der Waals surface area contributed by atoms with Gasteiger partial charge in [0.15, 0.2) is 9.84 Å². The predicted octanol–water partition coefficient (Wildman–Crippen LogP) is 2.27. The Morgan fingerprint density at radius 1 is 1.35 bits per heavy atom. The number of amides is 1. The lowest BCUT2D eigenvalue weighted by molar-refractivity contribution is 0.0526. The van der Waals surface area contributed by atoms with Gasteiger partial charge in [-0.2, -0.15) is 0 Å². The van der Waals surface area contributed by atoms with Crippen LogP contribution in [0.1, 0.15) is 28.9 Å². The smallest absolute Gasteiger partial charge is 0.272 e. The molecule has 2 aromatic rings. The van der Waals surface area contributed by atoms with E-state index >= 15 is 0 Å². The second-order valence-electron chi connectivity index (χ2n) is 6.86. The van der Waals surface area contributed by atoms with E-state index in [1.807, 2.05) is 0 Å². The van der Waals surface area contributed by atoms with Crippen molar-refractivity contribution in [2.45, 2.75) is 30.8 Å². The number of aryl methyl sites for hydroxylation is 2. The third-order valence-electron chi connectivity index (χ3n) is 4.65. The number of aliphatic hydroxyl groups excluding tert-OH is 1. The Balaban J connectivity index is 1.76. The van der Waals surface area contributed by atoms with Crippen LogP contribution in [0.3, 0.4) is 0 Å². The summed E-state index contributed by atoms with van der Waals surface area (Å²) < 4.78 is 39.8. The van der Waals surface area contributed by atoms with Crippen molar-refractivity contribution >= 4 is 21.4 Å². The number of carbonyl (C=O) groups excluding carboxylic acids is 1. The number of aliphatic hydroxyl groups is 1. The third-order valence-corrected chi connectivity index (χ3v) is 6.51. The van der Waals surface area contributed by atoms with E-state index in [0.717, 1.165) is 0 Å². The molecule has 0 radical (unpaired) electrons. The highest BCUT2D eigenvalue weighted by Crippen LogP contribution is 2.30. The Kier molecular flexibility index (Phi) is 4.90. The maximum absolute atomic E-state index is 13.3. The highest BCUT2D eigenvalue weighted by molar-refractivity contribution is 7.91. The summed E-state index contributed by atoms with van der Waals surface area (Å²) in [6, 6.07) is 5.56. The summed E-state index contributed by atoms with van der Waals surface area (Å²) in [4.78, 5) is 12.5. The van der Waals surface area contributed by atoms with Gasteiger partial charge in [-0.3, -0.25) is 4.79 Å². The quantitative estimate of drug-likeness (QED) is 0.833. The summed E-state index contributed by atoms with van der Waals surface area (Å²) in [5.41, 5.74) is 1.03. The van der Waals surface area contributed by atoms with Crippen LogP contribution in [0, 0.1) is 18.7 Å². The summed E-state index contributed by atoms with van der Waals surface area (Å²) in [7, 11) is -1.93. The molecule has 0 unspecified atom stereocenters. The number of anilines is 1. The van der Waals surface area contributed by atoms with Crippen LogP contribution < -0.4 is 5.32 Å². The molecule has 1 heterocycles. The highest BCUT2D eigenvalue weighted by atomic mass is 32.2. The van der Waals surface area contributed by atoms with E-state index in [1.165, 1.54) is 35.0 Å². The number of aromatic nitrogens is 1. The maximum Gasteiger partial charge on any atom is 0.272 e. The fourth-order valence-corrected chi connectivity index (χ4v) is 4.79. The summed E-state index contributed by atoms with van der Waals surface area (Å²) >= 11 is 0. The van der Waals surface area contributed by atoms with Gasteiger partial charge in [0.1, 0.15) is 11.5 Å². The summed E-state index contributed by atoms with van der Waals surface area (Å²) in [5.74, 6) is -0.920. The van der Waals surface area contributed by atoms with E-state index < -0.39 is 21.8 Å². The fraction of sp³-hybridized carbons (Fsp3) is 0.389. The molecule has 0 aliphatic heterocycles. The van der Waals surface area contributed by atoms with Crippen LogP contribution in [0.25, 0.3) is 0 Å². The number of sulfone groups is 1. The molecule has 8 heteroatoms. The van der Waals surface area contributed by atoms with Crippen molar-refractivity contribution in [1.29, 1.82) is 0 Å². The first-order valence-electron chi connectivity index (χ1n) is 8.30. The van der Waals surface area contributed by atoms with Crippen molar-refractivity contribution in [2.24, 2.45) is 13.0 Å². The standard InChI is InChI=1S/C18H21FN2O4S/c1-11-5-13(3-4-16(11)19)20-18(23)17-8-15(9-21(17)2)26(24,25)10-12-6-14(22)7-12/h3-5,8-9,12,14,22H,6-7,10H2,1-2H3,(H,20,23). The summed E-state index contributed by atoms with van der Waals surface area (Å²) in [5, 5.41) is 12.0. The Morgan fingerprint density at radius 3 is 2.65 bits per heavy atom. The van der Waals surface area contributed by atoms with Gasteiger partial charge in [0.2, 0.25) is 0 Å². The average molecular weight is 380 g/mol.